The van der Waals surface area contributed by atoms with Gasteiger partial charge in [-0.1, -0.05) is 6.42 Å². The first-order valence-electron chi connectivity index (χ1n) is 6.54. The second kappa shape index (κ2) is 6.70. The Morgan fingerprint density at radius 2 is 2.37 bits per heavy atom. The largest absolute Gasteiger partial charge is 0.496 e. The molecule has 1 aliphatic heterocycles. The number of amides is 1. The summed E-state index contributed by atoms with van der Waals surface area (Å²) >= 11 is 1.94. The van der Waals surface area contributed by atoms with Gasteiger partial charge in [0.05, 0.1) is 12.7 Å². The lowest BCUT2D eigenvalue weighted by molar-refractivity contribution is 0.0950. The smallest absolute Gasteiger partial charge is 0.255 e. The van der Waals surface area contributed by atoms with Crippen molar-refractivity contribution in [1.29, 1.82) is 0 Å². The molecule has 1 heterocycles. The molecule has 1 amide bonds. The highest BCUT2D eigenvalue weighted by atomic mass is 32.2. The fourth-order valence-corrected chi connectivity index (χ4v) is 3.41. The van der Waals surface area contributed by atoms with E-state index in [2.05, 4.69) is 5.32 Å². The lowest BCUT2D eigenvalue weighted by atomic mass is 10.1. The molecule has 1 unspecified atom stereocenters. The van der Waals surface area contributed by atoms with Crippen molar-refractivity contribution < 1.29 is 9.53 Å². The third-order valence-electron chi connectivity index (χ3n) is 3.23. The quantitative estimate of drug-likeness (QED) is 0.831. The predicted octanol–water partition coefficient (Wildman–Crippen LogP) is 2.29. The maximum atomic E-state index is 12.2. The normalized spacial score (nSPS) is 18.9. The van der Waals surface area contributed by atoms with Gasteiger partial charge in [0.1, 0.15) is 5.75 Å². The summed E-state index contributed by atoms with van der Waals surface area (Å²) in [5.41, 5.74) is 6.79. The van der Waals surface area contributed by atoms with Crippen molar-refractivity contribution in [3.8, 4) is 5.75 Å². The fourth-order valence-electron chi connectivity index (χ4n) is 2.17. The number of carbonyl (C=O) groups excluding carboxylic acids is 1. The number of anilines is 1. The van der Waals surface area contributed by atoms with Crippen LogP contribution in [0.2, 0.25) is 0 Å². The van der Waals surface area contributed by atoms with Crippen molar-refractivity contribution in [2.45, 2.75) is 24.5 Å². The van der Waals surface area contributed by atoms with Crippen LogP contribution in [0.3, 0.4) is 0 Å². The zero-order valence-electron chi connectivity index (χ0n) is 11.1. The Hall–Kier alpha value is -1.36. The molecule has 0 aromatic heterocycles. The molecule has 0 radical (unpaired) electrons. The van der Waals surface area contributed by atoms with E-state index in [1.165, 1.54) is 25.0 Å². The highest BCUT2D eigenvalue weighted by Crippen LogP contribution is 2.25. The summed E-state index contributed by atoms with van der Waals surface area (Å²) in [6.07, 6.45) is 3.73. The maximum absolute atomic E-state index is 12.2. The molecule has 1 aromatic carbocycles. The van der Waals surface area contributed by atoms with E-state index in [1.807, 2.05) is 11.8 Å². The van der Waals surface area contributed by atoms with Gasteiger partial charge in [0, 0.05) is 17.5 Å². The number of carbonyl (C=O) groups is 1. The topological polar surface area (TPSA) is 64.3 Å². The molecule has 104 valence electrons. The van der Waals surface area contributed by atoms with E-state index in [-0.39, 0.29) is 5.91 Å². The lowest BCUT2D eigenvalue weighted by Crippen LogP contribution is -2.32. The van der Waals surface area contributed by atoms with Crippen molar-refractivity contribution in [1.82, 2.24) is 5.32 Å². The van der Waals surface area contributed by atoms with Gasteiger partial charge < -0.3 is 15.8 Å². The van der Waals surface area contributed by atoms with Gasteiger partial charge in [0.15, 0.2) is 0 Å². The molecule has 5 heteroatoms. The van der Waals surface area contributed by atoms with E-state index in [0.29, 0.717) is 28.8 Å². The van der Waals surface area contributed by atoms with Crippen LogP contribution in [0.5, 0.6) is 5.75 Å². The van der Waals surface area contributed by atoms with Crippen molar-refractivity contribution in [3.05, 3.63) is 23.8 Å². The fraction of sp³-hybridized carbons (Fsp3) is 0.500. The Bertz CT molecular complexity index is 445. The van der Waals surface area contributed by atoms with E-state index in [9.17, 15) is 4.79 Å². The lowest BCUT2D eigenvalue weighted by Gasteiger charge is -2.21. The standard InChI is InChI=1S/C14H20N2O2S/c1-18-13-6-5-10(15)8-12(13)14(17)16-9-11-4-2-3-7-19-11/h5-6,8,11H,2-4,7,9,15H2,1H3,(H,16,17). The van der Waals surface area contributed by atoms with Crippen LogP contribution in [0.1, 0.15) is 29.6 Å². The SMILES string of the molecule is COc1ccc(N)cc1C(=O)NCC1CCCCS1. The first kappa shape index (κ1) is 14.1. The molecule has 3 N–H and O–H groups in total. The van der Waals surface area contributed by atoms with E-state index >= 15 is 0 Å². The predicted molar refractivity (Wildman–Crippen MR) is 79.8 cm³/mol. The summed E-state index contributed by atoms with van der Waals surface area (Å²) in [6, 6.07) is 5.11. The minimum atomic E-state index is -0.115. The number of nitrogen functional groups attached to an aromatic ring is 1. The number of benzene rings is 1. The Balaban J connectivity index is 1.97. The molecule has 4 nitrogen and oxygen atoms in total. The molecule has 0 aliphatic carbocycles. The van der Waals surface area contributed by atoms with Gasteiger partial charge in [-0.3, -0.25) is 4.79 Å². The second-order valence-corrected chi connectivity index (χ2v) is 6.07. The zero-order valence-corrected chi connectivity index (χ0v) is 12.0. The summed E-state index contributed by atoms with van der Waals surface area (Å²) < 4.78 is 5.19. The summed E-state index contributed by atoms with van der Waals surface area (Å²) in [4.78, 5) is 12.2. The van der Waals surface area contributed by atoms with Crippen molar-refractivity contribution in [2.75, 3.05) is 25.1 Å². The van der Waals surface area contributed by atoms with Crippen LogP contribution in [-0.4, -0.2) is 30.6 Å². The third-order valence-corrected chi connectivity index (χ3v) is 4.63. The average molecular weight is 280 g/mol. The van der Waals surface area contributed by atoms with Crippen LogP contribution in [0.15, 0.2) is 18.2 Å². The number of hydrogen-bond donors (Lipinski definition) is 2. The molecule has 1 aromatic rings. The number of rotatable bonds is 4. The molecular formula is C14H20N2O2S. The van der Waals surface area contributed by atoms with Crippen LogP contribution in [0, 0.1) is 0 Å². The van der Waals surface area contributed by atoms with Gasteiger partial charge in [-0.05, 0) is 36.8 Å². The summed E-state index contributed by atoms with van der Waals surface area (Å²) in [6.45, 7) is 0.710. The van der Waals surface area contributed by atoms with E-state index in [4.69, 9.17) is 10.5 Å². The van der Waals surface area contributed by atoms with Crippen LogP contribution in [0.4, 0.5) is 5.69 Å². The Kier molecular flexibility index (Phi) is 4.96. The van der Waals surface area contributed by atoms with Crippen LogP contribution >= 0.6 is 11.8 Å². The molecule has 1 atom stereocenters. The van der Waals surface area contributed by atoms with Gasteiger partial charge in [0.2, 0.25) is 0 Å². The molecule has 1 aliphatic rings. The van der Waals surface area contributed by atoms with E-state index in [0.717, 1.165) is 0 Å². The molecule has 0 saturated carbocycles. The van der Waals surface area contributed by atoms with E-state index in [1.54, 1.807) is 25.3 Å². The highest BCUT2D eigenvalue weighted by molar-refractivity contribution is 7.99. The number of nitrogens with one attached hydrogen (secondary N) is 1. The molecular weight excluding hydrogens is 260 g/mol. The van der Waals surface area contributed by atoms with Crippen LogP contribution in [-0.2, 0) is 0 Å². The Labute approximate surface area is 118 Å². The Morgan fingerprint density at radius 3 is 3.05 bits per heavy atom. The Morgan fingerprint density at radius 1 is 1.53 bits per heavy atom. The number of ether oxygens (including phenoxy) is 1. The summed E-state index contributed by atoms with van der Waals surface area (Å²) in [7, 11) is 1.55. The summed E-state index contributed by atoms with van der Waals surface area (Å²) in [5, 5.41) is 3.51. The number of nitrogens with two attached hydrogens (primary N) is 1. The molecule has 0 bridgehead atoms. The highest BCUT2D eigenvalue weighted by Gasteiger charge is 2.17. The number of hydrogen-bond acceptors (Lipinski definition) is 4. The molecule has 0 spiro atoms. The minimum absolute atomic E-state index is 0.115. The number of thioether (sulfide) groups is 1. The zero-order chi connectivity index (χ0) is 13.7. The second-order valence-electron chi connectivity index (χ2n) is 4.66. The van der Waals surface area contributed by atoms with Crippen molar-refractivity contribution in [2.24, 2.45) is 0 Å². The number of methoxy groups -OCH3 is 1. The molecule has 19 heavy (non-hydrogen) atoms. The average Bonchev–Trinajstić information content (AvgIpc) is 2.46. The van der Waals surface area contributed by atoms with Crippen molar-refractivity contribution >= 4 is 23.4 Å². The summed E-state index contributed by atoms with van der Waals surface area (Å²) in [5.74, 6) is 1.64. The van der Waals surface area contributed by atoms with Crippen LogP contribution in [0.25, 0.3) is 0 Å². The van der Waals surface area contributed by atoms with Gasteiger partial charge >= 0.3 is 0 Å². The first-order chi connectivity index (χ1) is 9.20. The maximum Gasteiger partial charge on any atom is 0.255 e. The molecule has 1 saturated heterocycles. The van der Waals surface area contributed by atoms with Gasteiger partial charge in [-0.2, -0.15) is 11.8 Å². The van der Waals surface area contributed by atoms with Crippen molar-refractivity contribution in [3.63, 3.8) is 0 Å². The monoisotopic (exact) mass is 280 g/mol. The third kappa shape index (κ3) is 3.80. The van der Waals surface area contributed by atoms with Gasteiger partial charge in [-0.15, -0.1) is 0 Å². The van der Waals surface area contributed by atoms with E-state index < -0.39 is 0 Å². The molecule has 2 rings (SSSR count). The van der Waals surface area contributed by atoms with Gasteiger partial charge in [0.25, 0.3) is 5.91 Å². The van der Waals surface area contributed by atoms with Gasteiger partial charge in [-0.25, -0.2) is 0 Å². The molecule has 1 fully saturated rings. The van der Waals surface area contributed by atoms with Crippen LogP contribution < -0.4 is 15.8 Å². The first-order valence-corrected chi connectivity index (χ1v) is 7.59. The minimum Gasteiger partial charge on any atom is -0.496 e.